The zero-order valence-electron chi connectivity index (χ0n) is 17.7. The van der Waals surface area contributed by atoms with Gasteiger partial charge >= 0.3 is 6.09 Å². The Kier molecular flexibility index (Phi) is 5.83. The van der Waals surface area contributed by atoms with Crippen LogP contribution in [0.3, 0.4) is 0 Å². The van der Waals surface area contributed by atoms with E-state index < -0.39 is 11.7 Å². The number of aromatic hydroxyl groups is 1. The second kappa shape index (κ2) is 7.62. The highest BCUT2D eigenvalue weighted by atomic mass is 16.6. The minimum atomic E-state index is -0.609. The van der Waals surface area contributed by atoms with Crippen molar-refractivity contribution in [3.63, 3.8) is 0 Å². The van der Waals surface area contributed by atoms with E-state index in [1.165, 1.54) is 4.90 Å². The van der Waals surface area contributed by atoms with E-state index in [2.05, 4.69) is 0 Å². The number of benzene rings is 2. The van der Waals surface area contributed by atoms with Crippen LogP contribution in [-0.2, 0) is 10.2 Å². The van der Waals surface area contributed by atoms with E-state index in [4.69, 9.17) is 15.2 Å². The molecule has 0 bridgehead atoms. The zero-order chi connectivity index (χ0) is 21.3. The number of amides is 1. The largest absolute Gasteiger partial charge is 0.508 e. The topological polar surface area (TPSA) is 85.0 Å². The lowest BCUT2D eigenvalue weighted by Crippen LogP contribution is -2.34. The number of hydrogen-bond acceptors (Lipinski definition) is 5. The Balaban J connectivity index is 2.36. The number of carbonyl (C=O) groups excluding carboxylic acids is 1. The van der Waals surface area contributed by atoms with Crippen molar-refractivity contribution >= 4 is 17.5 Å². The molecule has 6 nitrogen and oxygen atoms in total. The average Bonchev–Trinajstić information content (AvgIpc) is 2.55. The molecular formula is C22H30N2O4. The first-order chi connectivity index (χ1) is 12.8. The molecule has 2 rings (SSSR count). The third-order valence-corrected chi connectivity index (χ3v) is 4.03. The Hall–Kier alpha value is -2.89. The second-order valence-corrected chi connectivity index (χ2v) is 8.79. The van der Waals surface area contributed by atoms with Crippen molar-refractivity contribution in [1.29, 1.82) is 0 Å². The highest BCUT2D eigenvalue weighted by molar-refractivity contribution is 5.91. The summed E-state index contributed by atoms with van der Waals surface area (Å²) in [6, 6.07) is 10.1. The quantitative estimate of drug-likeness (QED) is 0.687. The van der Waals surface area contributed by atoms with Gasteiger partial charge in [0.05, 0.1) is 11.4 Å². The van der Waals surface area contributed by atoms with Crippen LogP contribution >= 0.6 is 0 Å². The Labute approximate surface area is 166 Å². The SMILES string of the molecule is CN(C(=O)OC(C)(C)C)c1cc(Oc2ccc(O)cc2C(C)(C)C)ccc1N. The molecule has 0 aliphatic rings. The Morgan fingerprint density at radius 3 is 2.25 bits per heavy atom. The summed E-state index contributed by atoms with van der Waals surface area (Å²) < 4.78 is 11.5. The van der Waals surface area contributed by atoms with Gasteiger partial charge < -0.3 is 20.3 Å². The van der Waals surface area contributed by atoms with E-state index in [0.29, 0.717) is 22.9 Å². The molecule has 0 heterocycles. The van der Waals surface area contributed by atoms with E-state index in [9.17, 15) is 9.90 Å². The molecule has 1 amide bonds. The number of anilines is 2. The lowest BCUT2D eigenvalue weighted by molar-refractivity contribution is 0.0589. The molecular weight excluding hydrogens is 356 g/mol. The number of rotatable bonds is 3. The molecule has 0 radical (unpaired) electrons. The number of carbonyl (C=O) groups is 1. The highest BCUT2D eigenvalue weighted by Gasteiger charge is 2.23. The summed E-state index contributed by atoms with van der Waals surface area (Å²) in [6.45, 7) is 11.5. The van der Waals surface area contributed by atoms with Gasteiger partial charge in [0.2, 0.25) is 0 Å². The minimum Gasteiger partial charge on any atom is -0.508 e. The van der Waals surface area contributed by atoms with Crippen LogP contribution in [0.5, 0.6) is 17.2 Å². The van der Waals surface area contributed by atoms with Crippen LogP contribution in [-0.4, -0.2) is 23.8 Å². The Morgan fingerprint density at radius 1 is 1.04 bits per heavy atom. The molecule has 2 aromatic carbocycles. The molecule has 0 aliphatic carbocycles. The van der Waals surface area contributed by atoms with Crippen LogP contribution in [0.4, 0.5) is 16.2 Å². The number of ether oxygens (including phenoxy) is 2. The first kappa shape index (κ1) is 21.4. The van der Waals surface area contributed by atoms with Gasteiger partial charge in [-0.3, -0.25) is 4.90 Å². The number of nitrogens with two attached hydrogens (primary N) is 1. The molecule has 0 fully saturated rings. The fraction of sp³-hybridized carbons (Fsp3) is 0.409. The molecule has 152 valence electrons. The van der Waals surface area contributed by atoms with Crippen molar-refractivity contribution in [2.24, 2.45) is 0 Å². The fourth-order valence-electron chi connectivity index (χ4n) is 2.63. The number of phenolic OH excluding ortho intramolecular Hbond substituents is 1. The van der Waals surface area contributed by atoms with E-state index in [-0.39, 0.29) is 11.2 Å². The van der Waals surface area contributed by atoms with Crippen LogP contribution in [0.2, 0.25) is 0 Å². The van der Waals surface area contributed by atoms with Gasteiger partial charge in [-0.05, 0) is 56.5 Å². The van der Waals surface area contributed by atoms with Crippen molar-refractivity contribution in [3.8, 4) is 17.2 Å². The molecule has 0 saturated carbocycles. The molecule has 0 spiro atoms. The molecule has 6 heteroatoms. The smallest absolute Gasteiger partial charge is 0.414 e. The van der Waals surface area contributed by atoms with Gasteiger partial charge in [0.15, 0.2) is 0 Å². The average molecular weight is 386 g/mol. The van der Waals surface area contributed by atoms with Crippen molar-refractivity contribution in [2.45, 2.75) is 52.6 Å². The van der Waals surface area contributed by atoms with Crippen molar-refractivity contribution in [2.75, 3.05) is 17.7 Å². The normalized spacial score (nSPS) is 11.8. The van der Waals surface area contributed by atoms with Gasteiger partial charge in [-0.1, -0.05) is 20.8 Å². The number of nitrogens with zero attached hydrogens (tertiary/aromatic N) is 1. The Bertz CT molecular complexity index is 864. The van der Waals surface area contributed by atoms with Crippen LogP contribution in [0.1, 0.15) is 47.1 Å². The third-order valence-electron chi connectivity index (χ3n) is 4.03. The van der Waals surface area contributed by atoms with Crippen LogP contribution in [0, 0.1) is 0 Å². The maximum absolute atomic E-state index is 12.4. The van der Waals surface area contributed by atoms with Gasteiger partial charge in [-0.15, -0.1) is 0 Å². The molecule has 0 unspecified atom stereocenters. The first-order valence-electron chi connectivity index (χ1n) is 9.15. The Morgan fingerprint density at radius 2 is 1.68 bits per heavy atom. The maximum atomic E-state index is 12.4. The predicted octanol–water partition coefficient (Wildman–Crippen LogP) is 5.44. The van der Waals surface area contributed by atoms with Gasteiger partial charge in [0, 0.05) is 18.7 Å². The highest BCUT2D eigenvalue weighted by Crippen LogP contribution is 2.38. The summed E-state index contributed by atoms with van der Waals surface area (Å²) in [4.78, 5) is 13.7. The summed E-state index contributed by atoms with van der Waals surface area (Å²) in [5, 5.41) is 9.84. The van der Waals surface area contributed by atoms with Gasteiger partial charge in [-0.25, -0.2) is 4.79 Å². The number of hydrogen-bond donors (Lipinski definition) is 2. The van der Waals surface area contributed by atoms with Crippen LogP contribution in [0.15, 0.2) is 36.4 Å². The molecule has 0 aromatic heterocycles. The molecule has 28 heavy (non-hydrogen) atoms. The molecule has 0 atom stereocenters. The van der Waals surface area contributed by atoms with Crippen molar-refractivity contribution in [1.82, 2.24) is 0 Å². The van der Waals surface area contributed by atoms with Crippen LogP contribution in [0.25, 0.3) is 0 Å². The van der Waals surface area contributed by atoms with Gasteiger partial charge in [0.25, 0.3) is 0 Å². The first-order valence-corrected chi connectivity index (χ1v) is 9.15. The summed E-state index contributed by atoms with van der Waals surface area (Å²) in [5.74, 6) is 1.33. The molecule has 0 saturated heterocycles. The fourth-order valence-corrected chi connectivity index (χ4v) is 2.63. The second-order valence-electron chi connectivity index (χ2n) is 8.79. The van der Waals surface area contributed by atoms with Gasteiger partial charge in [0.1, 0.15) is 22.8 Å². The number of phenols is 1. The summed E-state index contributed by atoms with van der Waals surface area (Å²) in [7, 11) is 1.60. The standard InChI is InChI=1S/C22H30N2O4/c1-21(2,3)16-12-14(25)8-11-19(16)27-15-9-10-17(23)18(13-15)24(7)20(26)28-22(4,5)6/h8-13,25H,23H2,1-7H3. The molecule has 2 aromatic rings. The predicted molar refractivity (Wildman–Crippen MR) is 112 cm³/mol. The van der Waals surface area contributed by atoms with Crippen molar-refractivity contribution in [3.05, 3.63) is 42.0 Å². The third kappa shape index (κ3) is 5.31. The summed E-state index contributed by atoms with van der Waals surface area (Å²) >= 11 is 0. The van der Waals surface area contributed by atoms with E-state index in [1.54, 1.807) is 64.2 Å². The van der Waals surface area contributed by atoms with E-state index in [0.717, 1.165) is 5.56 Å². The lowest BCUT2D eigenvalue weighted by Gasteiger charge is -2.26. The maximum Gasteiger partial charge on any atom is 0.414 e. The molecule has 3 N–H and O–H groups in total. The molecule has 0 aliphatic heterocycles. The van der Waals surface area contributed by atoms with Crippen LogP contribution < -0.4 is 15.4 Å². The van der Waals surface area contributed by atoms with Crippen molar-refractivity contribution < 1.29 is 19.4 Å². The lowest BCUT2D eigenvalue weighted by atomic mass is 9.86. The number of nitrogen functional groups attached to an aromatic ring is 1. The van der Waals surface area contributed by atoms with E-state index >= 15 is 0 Å². The summed E-state index contributed by atoms with van der Waals surface area (Å²) in [5.41, 5.74) is 7.02. The summed E-state index contributed by atoms with van der Waals surface area (Å²) in [6.07, 6.45) is -0.503. The van der Waals surface area contributed by atoms with E-state index in [1.807, 2.05) is 20.8 Å². The zero-order valence-corrected chi connectivity index (χ0v) is 17.7. The minimum absolute atomic E-state index is 0.180. The van der Waals surface area contributed by atoms with Gasteiger partial charge in [-0.2, -0.15) is 0 Å². The monoisotopic (exact) mass is 386 g/mol.